The Morgan fingerprint density at radius 2 is 1.82 bits per heavy atom. The fourth-order valence-corrected chi connectivity index (χ4v) is 4.25. The van der Waals surface area contributed by atoms with Crippen LogP contribution in [0.3, 0.4) is 0 Å². The molecule has 8 nitrogen and oxygen atoms in total. The van der Waals surface area contributed by atoms with E-state index >= 15 is 0 Å². The zero-order valence-electron chi connectivity index (χ0n) is 20.4. The maximum atomic E-state index is 13.5. The topological polar surface area (TPSA) is 105 Å². The number of aryl methyl sites for hydroxylation is 1. The summed E-state index contributed by atoms with van der Waals surface area (Å²) in [6.07, 6.45) is 4.91. The van der Waals surface area contributed by atoms with Crippen LogP contribution in [0.4, 0.5) is 5.82 Å². The van der Waals surface area contributed by atoms with Gasteiger partial charge in [-0.05, 0) is 37.7 Å². The van der Waals surface area contributed by atoms with Crippen molar-refractivity contribution in [2.75, 3.05) is 11.9 Å². The first-order chi connectivity index (χ1) is 16.3. The molecule has 1 heterocycles. The van der Waals surface area contributed by atoms with Gasteiger partial charge in [-0.2, -0.15) is 0 Å². The second-order valence-electron chi connectivity index (χ2n) is 9.44. The predicted molar refractivity (Wildman–Crippen MR) is 130 cm³/mol. The average Bonchev–Trinajstić information content (AvgIpc) is 3.46. The third kappa shape index (κ3) is 7.43. The Morgan fingerprint density at radius 1 is 1.12 bits per heavy atom. The molecular weight excluding hydrogens is 432 g/mol. The van der Waals surface area contributed by atoms with Gasteiger partial charge in [0.2, 0.25) is 17.7 Å². The van der Waals surface area contributed by atoms with Crippen LogP contribution in [0, 0.1) is 12.8 Å². The molecule has 1 fully saturated rings. The molecule has 0 aliphatic heterocycles. The quantitative estimate of drug-likeness (QED) is 0.509. The third-order valence-corrected chi connectivity index (χ3v) is 6.11. The minimum atomic E-state index is -0.727. The molecular formula is C26H36N4O4. The van der Waals surface area contributed by atoms with Crippen LogP contribution in [0.1, 0.15) is 76.2 Å². The van der Waals surface area contributed by atoms with Crippen molar-refractivity contribution in [1.29, 1.82) is 0 Å². The molecule has 1 atom stereocenters. The Labute approximate surface area is 201 Å². The maximum Gasteiger partial charge on any atom is 0.247 e. The summed E-state index contributed by atoms with van der Waals surface area (Å²) in [5.41, 5.74) is 0.776. The zero-order chi connectivity index (χ0) is 24.5. The van der Waals surface area contributed by atoms with Crippen LogP contribution in [0.25, 0.3) is 0 Å². The Kier molecular flexibility index (Phi) is 9.24. The summed E-state index contributed by atoms with van der Waals surface area (Å²) in [5, 5.41) is 9.57. The van der Waals surface area contributed by atoms with Crippen molar-refractivity contribution in [3.8, 4) is 0 Å². The molecule has 8 heteroatoms. The first kappa shape index (κ1) is 25.5. The molecule has 0 spiro atoms. The van der Waals surface area contributed by atoms with E-state index in [1.807, 2.05) is 30.3 Å². The van der Waals surface area contributed by atoms with Gasteiger partial charge in [-0.1, -0.05) is 62.2 Å². The number of nitrogens with zero attached hydrogens (tertiary/aromatic N) is 2. The minimum Gasteiger partial charge on any atom is -0.360 e. The Balaban J connectivity index is 1.75. The lowest BCUT2D eigenvalue weighted by Crippen LogP contribution is -2.46. The van der Waals surface area contributed by atoms with E-state index in [1.165, 1.54) is 0 Å². The lowest BCUT2D eigenvalue weighted by molar-refractivity contribution is -0.142. The molecule has 3 rings (SSSR count). The van der Waals surface area contributed by atoms with Gasteiger partial charge >= 0.3 is 0 Å². The van der Waals surface area contributed by atoms with E-state index in [2.05, 4.69) is 29.6 Å². The Morgan fingerprint density at radius 3 is 2.44 bits per heavy atom. The third-order valence-electron chi connectivity index (χ3n) is 6.11. The standard InChI is InChI=1S/C26H36N4O4/c1-18(2)15-16-30(24(32)14-13-23(31)28-22-17-19(3)34-29-22)25(20-9-5-4-6-10-20)26(33)27-21-11-7-8-12-21/h4-6,9-10,17-18,21,25H,7-8,11-16H2,1-3H3,(H,27,33)(H,28,29,31)/t25-/m1/s1. The number of nitrogens with one attached hydrogen (secondary N) is 2. The smallest absolute Gasteiger partial charge is 0.247 e. The summed E-state index contributed by atoms with van der Waals surface area (Å²) in [6.45, 7) is 6.36. The number of hydrogen-bond donors (Lipinski definition) is 2. The lowest BCUT2D eigenvalue weighted by atomic mass is 10.0. The highest BCUT2D eigenvalue weighted by molar-refractivity contribution is 5.94. The molecule has 2 aromatic rings. The van der Waals surface area contributed by atoms with Gasteiger partial charge in [0.1, 0.15) is 11.8 Å². The number of carbonyl (C=O) groups excluding carboxylic acids is 3. The van der Waals surface area contributed by atoms with Crippen molar-refractivity contribution in [3.63, 3.8) is 0 Å². The van der Waals surface area contributed by atoms with Crippen LogP contribution in [0.5, 0.6) is 0 Å². The summed E-state index contributed by atoms with van der Waals surface area (Å²) in [6, 6.07) is 10.5. The van der Waals surface area contributed by atoms with Gasteiger partial charge in [0.05, 0.1) is 0 Å². The Hall–Kier alpha value is -3.16. The number of aromatic nitrogens is 1. The average molecular weight is 469 g/mol. The number of rotatable bonds is 11. The normalized spacial score (nSPS) is 14.7. The van der Waals surface area contributed by atoms with Crippen LogP contribution in [-0.2, 0) is 14.4 Å². The highest BCUT2D eigenvalue weighted by Gasteiger charge is 2.33. The van der Waals surface area contributed by atoms with Crippen LogP contribution in [-0.4, -0.2) is 40.4 Å². The monoisotopic (exact) mass is 468 g/mol. The van der Waals surface area contributed by atoms with Gasteiger partial charge in [0.15, 0.2) is 5.82 Å². The van der Waals surface area contributed by atoms with Crippen molar-refractivity contribution >= 4 is 23.5 Å². The van der Waals surface area contributed by atoms with Crippen molar-refractivity contribution < 1.29 is 18.9 Å². The van der Waals surface area contributed by atoms with Gasteiger partial charge in [-0.15, -0.1) is 0 Å². The van der Waals surface area contributed by atoms with Crippen LogP contribution < -0.4 is 10.6 Å². The Bertz CT molecular complexity index is 951. The van der Waals surface area contributed by atoms with Crippen LogP contribution >= 0.6 is 0 Å². The molecule has 0 unspecified atom stereocenters. The van der Waals surface area contributed by atoms with Crippen molar-refractivity contribution in [2.45, 2.75) is 77.8 Å². The van der Waals surface area contributed by atoms with Crippen molar-refractivity contribution in [2.24, 2.45) is 5.92 Å². The van der Waals surface area contributed by atoms with E-state index in [0.29, 0.717) is 24.0 Å². The first-order valence-electron chi connectivity index (χ1n) is 12.2. The largest absolute Gasteiger partial charge is 0.360 e. The van der Waals surface area contributed by atoms with Gasteiger partial charge in [0.25, 0.3) is 0 Å². The molecule has 1 aliphatic rings. The zero-order valence-corrected chi connectivity index (χ0v) is 20.4. The molecule has 3 amide bonds. The predicted octanol–water partition coefficient (Wildman–Crippen LogP) is 4.38. The van der Waals surface area contributed by atoms with Gasteiger partial charge in [-0.3, -0.25) is 14.4 Å². The summed E-state index contributed by atoms with van der Waals surface area (Å²) in [5.74, 6) is 0.579. The lowest BCUT2D eigenvalue weighted by Gasteiger charge is -2.33. The molecule has 1 aromatic heterocycles. The first-order valence-corrected chi connectivity index (χ1v) is 12.2. The highest BCUT2D eigenvalue weighted by Crippen LogP contribution is 2.26. The van der Waals surface area contributed by atoms with Crippen molar-refractivity contribution in [3.05, 3.63) is 47.7 Å². The molecule has 0 radical (unpaired) electrons. The minimum absolute atomic E-state index is 0.000798. The van der Waals surface area contributed by atoms with E-state index in [4.69, 9.17) is 4.52 Å². The summed E-state index contributed by atoms with van der Waals surface area (Å²) in [7, 11) is 0. The fraction of sp³-hybridized carbons (Fsp3) is 0.538. The maximum absolute atomic E-state index is 13.5. The molecule has 1 aromatic carbocycles. The second-order valence-corrected chi connectivity index (χ2v) is 9.44. The summed E-state index contributed by atoms with van der Waals surface area (Å²) in [4.78, 5) is 40.9. The van der Waals surface area contributed by atoms with Crippen molar-refractivity contribution in [1.82, 2.24) is 15.4 Å². The van der Waals surface area contributed by atoms with Gasteiger partial charge < -0.3 is 20.1 Å². The van der Waals surface area contributed by atoms with Gasteiger partial charge in [-0.25, -0.2) is 0 Å². The van der Waals surface area contributed by atoms with E-state index < -0.39 is 6.04 Å². The van der Waals surface area contributed by atoms with E-state index in [9.17, 15) is 14.4 Å². The van der Waals surface area contributed by atoms with E-state index in [-0.39, 0.29) is 36.6 Å². The van der Waals surface area contributed by atoms with Gasteiger partial charge in [0, 0.05) is 31.5 Å². The highest BCUT2D eigenvalue weighted by atomic mass is 16.5. The number of hydrogen-bond acceptors (Lipinski definition) is 5. The summed E-state index contributed by atoms with van der Waals surface area (Å²) >= 11 is 0. The number of carbonyl (C=O) groups is 3. The van der Waals surface area contributed by atoms with Crippen LogP contribution in [0.2, 0.25) is 0 Å². The fourth-order valence-electron chi connectivity index (χ4n) is 4.25. The summed E-state index contributed by atoms with van der Waals surface area (Å²) < 4.78 is 4.96. The van der Waals surface area contributed by atoms with E-state index in [1.54, 1.807) is 17.9 Å². The second kappa shape index (κ2) is 12.3. The molecule has 1 aliphatic carbocycles. The molecule has 0 bridgehead atoms. The number of anilines is 1. The molecule has 0 saturated heterocycles. The van der Waals surface area contributed by atoms with E-state index in [0.717, 1.165) is 37.7 Å². The SMILES string of the molecule is Cc1cc(NC(=O)CCC(=O)N(CCC(C)C)[C@@H](C(=O)NC2CCCC2)c2ccccc2)no1. The molecule has 184 valence electrons. The molecule has 2 N–H and O–H groups in total. The molecule has 34 heavy (non-hydrogen) atoms. The molecule has 1 saturated carbocycles. The number of benzene rings is 1. The van der Waals surface area contributed by atoms with Crippen LogP contribution in [0.15, 0.2) is 40.9 Å². The number of amides is 3.